The summed E-state index contributed by atoms with van der Waals surface area (Å²) in [4.78, 5) is 204. The third-order valence-corrected chi connectivity index (χ3v) is 18.2. The lowest BCUT2D eigenvalue weighted by molar-refractivity contribution is -0.144. The van der Waals surface area contributed by atoms with Crippen molar-refractivity contribution in [3.8, 4) is 11.5 Å². The van der Waals surface area contributed by atoms with E-state index in [0.29, 0.717) is 17.5 Å². The number of phenols is 2. The van der Waals surface area contributed by atoms with Gasteiger partial charge in [0.1, 0.15) is 84.0 Å². The van der Waals surface area contributed by atoms with Gasteiger partial charge < -0.3 is 112 Å². The number of thioether (sulfide) groups is 1. The highest BCUT2D eigenvalue weighted by atomic mass is 32.2. The standard InChI is InChI=1S/C71H114N18O19S/c1-12-38(8)57(69(106)85-51(34-53(93)94)66(103)88-56(37(6)7)70(107)108)89-63(100)48(28-31-109-11)81-61(98)46(16-13-14-29-72)80-62(99)47(17-15-30-77-71(75)76)82-67(104)54(35(2)3)87-68(105)55(36(4)5)86-65(102)50(33-42-20-24-44(91)25-21-42)83-59(96)40(10)78-58(95)39(9)79-64(101)49(32-41-18-22-43(90)23-19-41)84-60(97)45(73)26-27-52(74)92/h18-25,35-40,45-51,54-57,90-91H,12-17,26-34,72-73H2,1-11H3,(H2,74,92)(H,78,95)(H,79,101)(H,80,99)(H,81,98)(H,82,104)(H,83,96)(H,84,97)(H,85,106)(H,86,102)(H,87,105)(H,88,103)(H,89,100)(H,93,94)(H,107,108)(H4,75,76,77)/t38-,39-,40-,45-,46-,47-,48-,49-,50-,51-,54-,55-,56-,57-/m0/s1. The van der Waals surface area contributed by atoms with Crippen LogP contribution in [-0.2, 0) is 84.8 Å². The fourth-order valence-electron chi connectivity index (χ4n) is 10.7. The zero-order chi connectivity index (χ0) is 82.5. The van der Waals surface area contributed by atoms with Gasteiger partial charge in [0.25, 0.3) is 0 Å². The summed E-state index contributed by atoms with van der Waals surface area (Å²) in [6, 6.07) is -7.31. The lowest BCUT2D eigenvalue weighted by atomic mass is 9.97. The molecular weight excluding hydrogens is 1440 g/mol. The molecule has 0 saturated heterocycles. The Bertz CT molecular complexity index is 3420. The number of carboxylic acids is 2. The summed E-state index contributed by atoms with van der Waals surface area (Å²) in [6.07, 6.45) is 0.789. The number of benzene rings is 2. The number of amides is 13. The molecule has 2 aromatic carbocycles. The number of nitrogens with one attached hydrogen (secondary N) is 14. The van der Waals surface area contributed by atoms with Crippen molar-refractivity contribution in [2.75, 3.05) is 25.1 Å². The minimum absolute atomic E-state index is 0.0263. The molecule has 0 heterocycles. The molecule has 0 radical (unpaired) electrons. The fourth-order valence-corrected chi connectivity index (χ4v) is 11.2. The van der Waals surface area contributed by atoms with E-state index >= 15 is 0 Å². The molecule has 109 heavy (non-hydrogen) atoms. The van der Waals surface area contributed by atoms with Crippen molar-refractivity contribution >= 4 is 106 Å². The maximum Gasteiger partial charge on any atom is 0.326 e. The Kier molecular flexibility index (Phi) is 41.8. The maximum atomic E-state index is 14.7. The average molecular weight is 1560 g/mol. The summed E-state index contributed by atoms with van der Waals surface area (Å²) in [7, 11) is 0. The van der Waals surface area contributed by atoms with Gasteiger partial charge in [-0.3, -0.25) is 72.5 Å². The second kappa shape index (κ2) is 48.1. The third kappa shape index (κ3) is 34.6. The predicted octanol–water partition coefficient (Wildman–Crippen LogP) is -2.95. The van der Waals surface area contributed by atoms with Crippen molar-refractivity contribution in [1.29, 1.82) is 5.41 Å². The maximum absolute atomic E-state index is 14.7. The Labute approximate surface area is 638 Å². The van der Waals surface area contributed by atoms with Crippen LogP contribution in [0.15, 0.2) is 48.5 Å². The van der Waals surface area contributed by atoms with E-state index in [-0.39, 0.29) is 94.5 Å². The molecule has 0 aliphatic carbocycles. The topological polar surface area (TPSA) is 621 Å². The zero-order valence-corrected chi connectivity index (χ0v) is 64.5. The van der Waals surface area contributed by atoms with Gasteiger partial charge in [-0.15, -0.1) is 0 Å². The number of carbonyl (C=O) groups is 15. The molecule has 37 nitrogen and oxygen atoms in total. The van der Waals surface area contributed by atoms with E-state index in [9.17, 15) is 92.3 Å². The minimum atomic E-state index is -1.78. The van der Waals surface area contributed by atoms with Crippen LogP contribution in [0.3, 0.4) is 0 Å². The van der Waals surface area contributed by atoms with Gasteiger partial charge in [0.15, 0.2) is 5.96 Å². The van der Waals surface area contributed by atoms with Crippen molar-refractivity contribution in [2.24, 2.45) is 46.6 Å². The van der Waals surface area contributed by atoms with Crippen molar-refractivity contribution in [1.82, 2.24) is 69.1 Å². The minimum Gasteiger partial charge on any atom is -0.508 e. The van der Waals surface area contributed by atoms with Crippen LogP contribution in [0.2, 0.25) is 0 Å². The highest BCUT2D eigenvalue weighted by Crippen LogP contribution is 2.18. The molecule has 0 saturated carbocycles. The van der Waals surface area contributed by atoms with Crippen LogP contribution in [0.25, 0.3) is 0 Å². The number of aliphatic carboxylic acids is 2. The first-order chi connectivity index (χ1) is 51.1. The second-order valence-corrected chi connectivity index (χ2v) is 28.7. The molecule has 0 spiro atoms. The summed E-state index contributed by atoms with van der Waals surface area (Å²) in [5.41, 5.74) is 23.5. The molecule has 14 atom stereocenters. The molecule has 0 aliphatic rings. The Morgan fingerprint density at radius 3 is 1.26 bits per heavy atom. The molecule has 0 fully saturated rings. The first-order valence-electron chi connectivity index (χ1n) is 36.1. The second-order valence-electron chi connectivity index (χ2n) is 27.7. The summed E-state index contributed by atoms with van der Waals surface area (Å²) >= 11 is 1.31. The summed E-state index contributed by atoms with van der Waals surface area (Å²) in [6.45, 7) is 15.5. The van der Waals surface area contributed by atoms with Crippen molar-refractivity contribution in [3.05, 3.63) is 59.7 Å². The average Bonchev–Trinajstić information content (AvgIpc) is 0.855. The van der Waals surface area contributed by atoms with Gasteiger partial charge >= 0.3 is 11.9 Å². The summed E-state index contributed by atoms with van der Waals surface area (Å²) < 4.78 is 0. The normalized spacial score (nSPS) is 15.0. The van der Waals surface area contributed by atoms with Gasteiger partial charge in [0.05, 0.1) is 12.5 Å². The number of carbonyl (C=O) groups excluding carboxylic acids is 13. The van der Waals surface area contributed by atoms with E-state index < -0.39 is 203 Å². The first-order valence-corrected chi connectivity index (χ1v) is 37.5. The third-order valence-electron chi connectivity index (χ3n) is 17.5. The molecule has 0 aromatic heterocycles. The van der Waals surface area contributed by atoms with E-state index in [1.54, 1.807) is 47.8 Å². The van der Waals surface area contributed by atoms with Crippen molar-refractivity contribution < 1.29 is 92.3 Å². The van der Waals surface area contributed by atoms with Gasteiger partial charge in [0.2, 0.25) is 76.8 Å². The number of unbranched alkanes of at least 4 members (excludes halogenated alkanes) is 1. The number of phenolic OH excluding ortho intramolecular Hbond substituents is 2. The van der Waals surface area contributed by atoms with Crippen LogP contribution in [0.1, 0.15) is 145 Å². The first kappa shape index (κ1) is 94.7. The molecule has 13 amide bonds. The molecule has 38 heteroatoms. The number of primary amides is 1. The molecular formula is C71H114N18O19S. The van der Waals surface area contributed by atoms with Gasteiger partial charge in [-0.2, -0.15) is 11.8 Å². The fraction of sp³-hybridized carbons (Fsp3) is 0.606. The number of aromatic hydroxyl groups is 2. The van der Waals surface area contributed by atoms with Crippen LogP contribution in [0, 0.1) is 29.1 Å². The Balaban J connectivity index is 2.49. The van der Waals surface area contributed by atoms with Gasteiger partial charge in [-0.1, -0.05) is 86.1 Å². The monoisotopic (exact) mass is 1550 g/mol. The van der Waals surface area contributed by atoms with Crippen LogP contribution in [0.4, 0.5) is 0 Å². The lowest BCUT2D eigenvalue weighted by Crippen LogP contribution is -2.62. The van der Waals surface area contributed by atoms with Crippen LogP contribution >= 0.6 is 11.8 Å². The van der Waals surface area contributed by atoms with Gasteiger partial charge in [-0.05, 0) is 136 Å². The van der Waals surface area contributed by atoms with Crippen molar-refractivity contribution in [3.63, 3.8) is 0 Å². The largest absolute Gasteiger partial charge is 0.508 e. The van der Waals surface area contributed by atoms with E-state index in [2.05, 4.69) is 69.1 Å². The van der Waals surface area contributed by atoms with E-state index in [1.165, 1.54) is 88.0 Å². The number of rotatable bonds is 50. The SMILES string of the molecule is CC[C@H](C)[C@H](NC(=O)[C@H](CCSC)NC(=O)[C@H](CCCCN)NC(=O)[C@H](CCCNC(=N)N)NC(=O)[C@@H](NC(=O)[C@@H](NC(=O)[C@H](Cc1ccc(O)cc1)NC(=O)[C@H](C)NC(=O)[C@H](C)NC(=O)[C@H](Cc1ccc(O)cc1)NC(=O)[C@@H](N)CCC(N)=O)C(C)C)C(C)C)C(=O)N[C@@H](CC(=O)O)C(=O)N[C@H](C(=O)O)C(C)C. The highest BCUT2D eigenvalue weighted by Gasteiger charge is 2.39. The number of guanidine groups is 1. The Morgan fingerprint density at radius 2 is 0.807 bits per heavy atom. The predicted molar refractivity (Wildman–Crippen MR) is 403 cm³/mol. The molecule has 608 valence electrons. The Morgan fingerprint density at radius 1 is 0.440 bits per heavy atom. The summed E-state index contributed by atoms with van der Waals surface area (Å²) in [5.74, 6) is -17.6. The van der Waals surface area contributed by atoms with Gasteiger partial charge in [0, 0.05) is 25.8 Å². The number of hydrogen-bond donors (Lipinski definition) is 22. The number of nitrogens with two attached hydrogens (primary N) is 4. The lowest BCUT2D eigenvalue weighted by Gasteiger charge is -2.30. The highest BCUT2D eigenvalue weighted by molar-refractivity contribution is 7.98. The molecule has 0 aliphatic heterocycles. The van der Waals surface area contributed by atoms with Crippen molar-refractivity contribution in [2.45, 2.75) is 225 Å². The number of hydrogen-bond acceptors (Lipinski definition) is 21. The van der Waals surface area contributed by atoms with E-state index in [4.69, 9.17) is 28.3 Å². The zero-order valence-electron chi connectivity index (χ0n) is 63.7. The molecule has 2 aromatic rings. The number of carboxylic acid groups (broad SMARTS) is 2. The van der Waals surface area contributed by atoms with Crippen LogP contribution in [-0.4, -0.2) is 219 Å². The van der Waals surface area contributed by atoms with E-state index in [0.717, 1.165) is 0 Å². The van der Waals surface area contributed by atoms with E-state index in [1.807, 2.05) is 0 Å². The van der Waals surface area contributed by atoms with Gasteiger partial charge in [-0.25, -0.2) is 4.79 Å². The quantitative estimate of drug-likeness (QED) is 0.0179. The Hall–Kier alpha value is -10.4. The molecule has 0 unspecified atom stereocenters. The molecule has 0 bridgehead atoms. The van der Waals surface area contributed by atoms with Crippen LogP contribution in [0.5, 0.6) is 11.5 Å². The smallest absolute Gasteiger partial charge is 0.326 e. The summed E-state index contributed by atoms with van der Waals surface area (Å²) in [5, 5.41) is 80.3. The van der Waals surface area contributed by atoms with Crippen LogP contribution < -0.4 is 92.1 Å². The molecule has 26 N–H and O–H groups in total. The molecule has 2 rings (SSSR count).